The number of carbonyl (C=O) groups excluding carboxylic acids is 1. The minimum atomic E-state index is -0.804. The summed E-state index contributed by atoms with van der Waals surface area (Å²) in [6, 6.07) is -0.121. The zero-order valence-electron chi connectivity index (χ0n) is 9.63. The molecule has 1 amide bonds. The molecule has 0 aromatic carbocycles. The Bertz CT molecular complexity index is 205. The summed E-state index contributed by atoms with van der Waals surface area (Å²) in [4.78, 5) is 13.4. The molecule has 1 N–H and O–H groups in total. The number of carbonyl (C=O) groups is 1. The summed E-state index contributed by atoms with van der Waals surface area (Å²) in [6.45, 7) is 2.70. The first kappa shape index (κ1) is 12.4. The lowest BCUT2D eigenvalue weighted by Gasteiger charge is -2.36. The van der Waals surface area contributed by atoms with E-state index in [2.05, 4.69) is 12.2 Å². The first-order chi connectivity index (χ1) is 7.19. The van der Waals surface area contributed by atoms with Gasteiger partial charge >= 0.3 is 0 Å². The van der Waals surface area contributed by atoms with Crippen LogP contribution in [0.25, 0.3) is 0 Å². The van der Waals surface area contributed by atoms with Crippen LogP contribution < -0.4 is 5.32 Å². The fourth-order valence-electron chi connectivity index (χ4n) is 1.81. The van der Waals surface area contributed by atoms with Crippen LogP contribution in [0.4, 0.5) is 4.39 Å². The van der Waals surface area contributed by atoms with Crippen LogP contribution in [-0.2, 0) is 4.79 Å². The van der Waals surface area contributed by atoms with Gasteiger partial charge in [0.2, 0.25) is 5.91 Å². The van der Waals surface area contributed by atoms with Crippen molar-refractivity contribution in [1.29, 1.82) is 0 Å². The Morgan fingerprint density at radius 1 is 1.53 bits per heavy atom. The number of hydrogen-bond donors (Lipinski definition) is 1. The van der Waals surface area contributed by atoms with E-state index in [-0.39, 0.29) is 25.0 Å². The summed E-state index contributed by atoms with van der Waals surface area (Å²) in [6.07, 6.45) is 3.41. The van der Waals surface area contributed by atoms with Gasteiger partial charge in [-0.2, -0.15) is 0 Å². The van der Waals surface area contributed by atoms with Gasteiger partial charge in [0.1, 0.15) is 6.17 Å². The molecule has 1 aliphatic heterocycles. The lowest BCUT2D eigenvalue weighted by atomic mass is 10.0. The van der Waals surface area contributed by atoms with E-state index in [1.165, 1.54) is 0 Å². The maximum Gasteiger partial charge on any atom is 0.239 e. The van der Waals surface area contributed by atoms with E-state index in [0.717, 1.165) is 25.7 Å². The first-order valence-electron chi connectivity index (χ1n) is 5.79. The van der Waals surface area contributed by atoms with Crippen molar-refractivity contribution in [1.82, 2.24) is 10.2 Å². The molecule has 0 radical (unpaired) electrons. The van der Waals surface area contributed by atoms with E-state index < -0.39 is 6.17 Å². The fraction of sp³-hybridized carbons (Fsp3) is 0.909. The van der Waals surface area contributed by atoms with Crippen LogP contribution in [0, 0.1) is 0 Å². The van der Waals surface area contributed by atoms with Gasteiger partial charge < -0.3 is 10.2 Å². The number of likely N-dealkylation sites (tertiary alicyclic amines) is 1. The molecule has 1 unspecified atom stereocenters. The second-order valence-corrected chi connectivity index (χ2v) is 4.18. The number of unbranched alkanes of at least 4 members (excludes halogenated alkanes) is 2. The summed E-state index contributed by atoms with van der Waals surface area (Å²) in [5.74, 6) is 0.0579. The van der Waals surface area contributed by atoms with Crippen LogP contribution in [0.1, 0.15) is 32.6 Å². The van der Waals surface area contributed by atoms with E-state index in [1.807, 2.05) is 0 Å². The van der Waals surface area contributed by atoms with Gasteiger partial charge in [-0.3, -0.25) is 4.79 Å². The molecule has 1 aliphatic rings. The van der Waals surface area contributed by atoms with E-state index in [1.54, 1.807) is 11.9 Å². The summed E-state index contributed by atoms with van der Waals surface area (Å²) in [7, 11) is 1.79. The highest BCUT2D eigenvalue weighted by atomic mass is 19.1. The third kappa shape index (κ3) is 3.45. The highest BCUT2D eigenvalue weighted by molar-refractivity contribution is 5.82. The van der Waals surface area contributed by atoms with Crippen LogP contribution in [0.5, 0.6) is 0 Å². The van der Waals surface area contributed by atoms with E-state index in [9.17, 15) is 9.18 Å². The molecule has 1 heterocycles. The summed E-state index contributed by atoms with van der Waals surface area (Å²) >= 11 is 0. The smallest absolute Gasteiger partial charge is 0.239 e. The normalized spacial score (nSPS) is 18.7. The van der Waals surface area contributed by atoms with Crippen molar-refractivity contribution in [3.8, 4) is 0 Å². The summed E-state index contributed by atoms with van der Waals surface area (Å²) in [5, 5.41) is 3.01. The Balaban J connectivity index is 2.27. The van der Waals surface area contributed by atoms with Gasteiger partial charge in [0.05, 0.1) is 19.1 Å². The molecule has 1 atom stereocenters. The van der Waals surface area contributed by atoms with E-state index >= 15 is 0 Å². The number of alkyl halides is 1. The third-order valence-corrected chi connectivity index (χ3v) is 2.89. The molecule has 0 aliphatic carbocycles. The molecule has 1 fully saturated rings. The average molecular weight is 216 g/mol. The van der Waals surface area contributed by atoms with Crippen molar-refractivity contribution in [3.63, 3.8) is 0 Å². The Labute approximate surface area is 91.0 Å². The number of nitrogens with zero attached hydrogens (tertiary/aromatic N) is 1. The molecule has 0 aromatic rings. The van der Waals surface area contributed by atoms with Gasteiger partial charge in [0, 0.05) is 0 Å². The zero-order valence-corrected chi connectivity index (χ0v) is 9.63. The highest BCUT2D eigenvalue weighted by Gasteiger charge is 2.33. The maximum atomic E-state index is 12.6. The predicted octanol–water partition coefficient (Wildman–Crippen LogP) is 1.33. The quantitative estimate of drug-likeness (QED) is 0.679. The topological polar surface area (TPSA) is 32.3 Å². The molecule has 0 aromatic heterocycles. The van der Waals surface area contributed by atoms with Gasteiger partial charge in [-0.25, -0.2) is 4.39 Å². The summed E-state index contributed by atoms with van der Waals surface area (Å²) < 4.78 is 12.6. The predicted molar refractivity (Wildman–Crippen MR) is 58.5 cm³/mol. The second-order valence-electron chi connectivity index (χ2n) is 4.18. The van der Waals surface area contributed by atoms with E-state index in [0.29, 0.717) is 0 Å². The molecule has 0 saturated carbocycles. The van der Waals surface area contributed by atoms with Gasteiger partial charge in [-0.15, -0.1) is 0 Å². The van der Waals surface area contributed by atoms with Crippen LogP contribution in [0.15, 0.2) is 0 Å². The second kappa shape index (κ2) is 6.05. The van der Waals surface area contributed by atoms with Crippen LogP contribution in [0.2, 0.25) is 0 Å². The number of hydrogen-bond acceptors (Lipinski definition) is 2. The van der Waals surface area contributed by atoms with Crippen molar-refractivity contribution in [2.45, 2.75) is 44.8 Å². The maximum absolute atomic E-state index is 12.6. The Morgan fingerprint density at radius 3 is 2.67 bits per heavy atom. The Morgan fingerprint density at radius 2 is 2.20 bits per heavy atom. The molecular weight excluding hydrogens is 195 g/mol. The Kier molecular flexibility index (Phi) is 5.02. The summed E-state index contributed by atoms with van der Waals surface area (Å²) in [5.41, 5.74) is 0. The van der Waals surface area contributed by atoms with Crippen molar-refractivity contribution in [2.75, 3.05) is 20.1 Å². The highest BCUT2D eigenvalue weighted by Crippen LogP contribution is 2.14. The average Bonchev–Trinajstić information content (AvgIpc) is 2.19. The number of nitrogens with one attached hydrogen (secondary N) is 1. The fourth-order valence-corrected chi connectivity index (χ4v) is 1.81. The van der Waals surface area contributed by atoms with Gasteiger partial charge in [-0.05, 0) is 13.5 Å². The van der Waals surface area contributed by atoms with Crippen molar-refractivity contribution in [3.05, 3.63) is 0 Å². The standard InChI is InChI=1S/C11H21FN2O/c1-3-4-5-6-10(13-2)11(15)14-7-9(12)8-14/h9-10,13H,3-8H2,1-2H3. The van der Waals surface area contributed by atoms with Crippen LogP contribution in [0.3, 0.4) is 0 Å². The van der Waals surface area contributed by atoms with Gasteiger partial charge in [-0.1, -0.05) is 26.2 Å². The zero-order chi connectivity index (χ0) is 11.3. The molecule has 3 nitrogen and oxygen atoms in total. The van der Waals surface area contributed by atoms with Crippen molar-refractivity contribution in [2.24, 2.45) is 0 Å². The number of amides is 1. The molecule has 1 saturated heterocycles. The third-order valence-electron chi connectivity index (χ3n) is 2.89. The minimum absolute atomic E-state index is 0.0579. The molecule has 0 bridgehead atoms. The van der Waals surface area contributed by atoms with Crippen molar-refractivity contribution >= 4 is 5.91 Å². The molecule has 15 heavy (non-hydrogen) atoms. The lowest BCUT2D eigenvalue weighted by Crippen LogP contribution is -2.56. The van der Waals surface area contributed by atoms with Crippen LogP contribution >= 0.6 is 0 Å². The lowest BCUT2D eigenvalue weighted by molar-refractivity contribution is -0.140. The van der Waals surface area contributed by atoms with E-state index in [4.69, 9.17) is 0 Å². The molecule has 88 valence electrons. The number of likely N-dealkylation sites (N-methyl/N-ethyl adjacent to an activating group) is 1. The molecule has 1 rings (SSSR count). The minimum Gasteiger partial charge on any atom is -0.335 e. The Hall–Kier alpha value is -0.640. The van der Waals surface area contributed by atoms with Crippen molar-refractivity contribution < 1.29 is 9.18 Å². The van der Waals surface area contributed by atoms with Gasteiger partial charge in [0.25, 0.3) is 0 Å². The monoisotopic (exact) mass is 216 g/mol. The number of halogens is 1. The van der Waals surface area contributed by atoms with Gasteiger partial charge in [0.15, 0.2) is 0 Å². The molecule has 0 spiro atoms. The largest absolute Gasteiger partial charge is 0.335 e. The van der Waals surface area contributed by atoms with Crippen LogP contribution in [-0.4, -0.2) is 43.2 Å². The molecular formula is C11H21FN2O. The SMILES string of the molecule is CCCCCC(NC)C(=O)N1CC(F)C1. The first-order valence-corrected chi connectivity index (χ1v) is 5.79. The number of rotatable bonds is 6. The molecule has 4 heteroatoms.